The van der Waals surface area contributed by atoms with Crippen molar-refractivity contribution in [2.24, 2.45) is 0 Å². The number of anilines is 2. The van der Waals surface area contributed by atoms with Crippen molar-refractivity contribution in [2.75, 3.05) is 23.9 Å². The average Bonchev–Trinajstić information content (AvgIpc) is 2.29. The lowest BCUT2D eigenvalue weighted by Crippen LogP contribution is -2.11. The lowest BCUT2D eigenvalue weighted by atomic mass is 10.1. The van der Waals surface area contributed by atoms with Crippen LogP contribution in [0.3, 0.4) is 0 Å². The van der Waals surface area contributed by atoms with E-state index in [9.17, 15) is 13.2 Å². The Hall–Kier alpha value is -1.04. The smallest absolute Gasteiger partial charge is 0.397 e. The SMILES string of the molecule is CSC(C)CCNc1ccc(C(F)(F)F)cc1N. The van der Waals surface area contributed by atoms with E-state index in [1.54, 1.807) is 11.8 Å². The lowest BCUT2D eigenvalue weighted by molar-refractivity contribution is -0.137. The molecule has 0 aliphatic carbocycles. The van der Waals surface area contributed by atoms with Crippen molar-refractivity contribution >= 4 is 23.1 Å². The minimum Gasteiger partial charge on any atom is -0.397 e. The number of benzene rings is 1. The molecule has 0 fully saturated rings. The van der Waals surface area contributed by atoms with Gasteiger partial charge in [-0.3, -0.25) is 0 Å². The first kappa shape index (κ1) is 15.0. The summed E-state index contributed by atoms with van der Waals surface area (Å²) in [6.45, 7) is 2.79. The number of alkyl halides is 3. The largest absolute Gasteiger partial charge is 0.416 e. The van der Waals surface area contributed by atoms with E-state index < -0.39 is 11.7 Å². The molecule has 0 saturated carbocycles. The number of nitrogens with one attached hydrogen (secondary N) is 1. The second-order valence-corrected chi connectivity index (χ2v) is 5.34. The first-order valence-corrected chi connectivity index (χ1v) is 6.86. The maximum absolute atomic E-state index is 12.4. The quantitative estimate of drug-likeness (QED) is 0.804. The molecule has 0 aliphatic heterocycles. The number of halogens is 3. The molecule has 1 unspecified atom stereocenters. The van der Waals surface area contributed by atoms with E-state index >= 15 is 0 Å². The Kier molecular flexibility index (Phi) is 5.19. The number of nitrogen functional groups attached to an aromatic ring is 1. The Labute approximate surface area is 109 Å². The summed E-state index contributed by atoms with van der Waals surface area (Å²) >= 11 is 1.75. The molecule has 6 heteroatoms. The monoisotopic (exact) mass is 278 g/mol. The third-order valence-electron chi connectivity index (χ3n) is 2.65. The van der Waals surface area contributed by atoms with Gasteiger partial charge in [0, 0.05) is 11.8 Å². The van der Waals surface area contributed by atoms with E-state index in [4.69, 9.17) is 5.73 Å². The third kappa shape index (κ3) is 4.33. The van der Waals surface area contributed by atoms with Crippen molar-refractivity contribution in [3.8, 4) is 0 Å². The highest BCUT2D eigenvalue weighted by molar-refractivity contribution is 7.99. The number of rotatable bonds is 5. The van der Waals surface area contributed by atoms with Gasteiger partial charge in [-0.2, -0.15) is 24.9 Å². The molecule has 102 valence electrons. The molecule has 0 aromatic heterocycles. The molecule has 0 bridgehead atoms. The summed E-state index contributed by atoms with van der Waals surface area (Å²) in [7, 11) is 0. The van der Waals surface area contributed by atoms with Crippen LogP contribution in [0.1, 0.15) is 18.9 Å². The molecule has 1 atom stereocenters. The molecule has 3 N–H and O–H groups in total. The van der Waals surface area contributed by atoms with Gasteiger partial charge in [-0.25, -0.2) is 0 Å². The van der Waals surface area contributed by atoms with Crippen molar-refractivity contribution < 1.29 is 13.2 Å². The van der Waals surface area contributed by atoms with Crippen LogP contribution in [-0.4, -0.2) is 18.1 Å². The van der Waals surface area contributed by atoms with Crippen molar-refractivity contribution in [1.29, 1.82) is 0 Å². The maximum Gasteiger partial charge on any atom is 0.416 e. The molecule has 2 nitrogen and oxygen atoms in total. The second-order valence-electron chi connectivity index (χ2n) is 4.06. The van der Waals surface area contributed by atoms with Gasteiger partial charge in [-0.1, -0.05) is 6.92 Å². The third-order valence-corrected chi connectivity index (χ3v) is 3.69. The normalized spacial score (nSPS) is 13.4. The van der Waals surface area contributed by atoms with E-state index in [2.05, 4.69) is 12.2 Å². The van der Waals surface area contributed by atoms with Crippen LogP contribution in [0.25, 0.3) is 0 Å². The predicted molar refractivity (Wildman–Crippen MR) is 71.9 cm³/mol. The highest BCUT2D eigenvalue weighted by Gasteiger charge is 2.30. The van der Waals surface area contributed by atoms with Crippen molar-refractivity contribution in [3.05, 3.63) is 23.8 Å². The zero-order valence-corrected chi connectivity index (χ0v) is 11.2. The van der Waals surface area contributed by atoms with Crippen LogP contribution in [0.4, 0.5) is 24.5 Å². The number of thioether (sulfide) groups is 1. The van der Waals surface area contributed by atoms with Crippen LogP contribution < -0.4 is 11.1 Å². The molecule has 0 saturated heterocycles. The minimum atomic E-state index is -4.35. The fourth-order valence-electron chi connectivity index (χ4n) is 1.43. The first-order chi connectivity index (χ1) is 8.34. The molecule has 0 radical (unpaired) electrons. The van der Waals surface area contributed by atoms with Crippen LogP contribution in [-0.2, 0) is 6.18 Å². The summed E-state index contributed by atoms with van der Waals surface area (Å²) in [6, 6.07) is 3.37. The molecule has 1 aromatic rings. The van der Waals surface area contributed by atoms with Crippen LogP contribution in [0, 0.1) is 0 Å². The van der Waals surface area contributed by atoms with Gasteiger partial charge in [0.1, 0.15) is 0 Å². The summed E-state index contributed by atoms with van der Waals surface area (Å²) < 4.78 is 37.3. The zero-order valence-electron chi connectivity index (χ0n) is 10.3. The van der Waals surface area contributed by atoms with Crippen LogP contribution >= 0.6 is 11.8 Å². The first-order valence-electron chi connectivity index (χ1n) is 5.58. The second kappa shape index (κ2) is 6.22. The van der Waals surface area contributed by atoms with E-state index in [0.29, 0.717) is 17.5 Å². The minimum absolute atomic E-state index is 0.127. The van der Waals surface area contributed by atoms with E-state index in [1.807, 2.05) is 6.26 Å². The van der Waals surface area contributed by atoms with Gasteiger partial charge < -0.3 is 11.1 Å². The van der Waals surface area contributed by atoms with E-state index in [-0.39, 0.29) is 5.69 Å². The maximum atomic E-state index is 12.4. The fourth-order valence-corrected chi connectivity index (χ4v) is 1.78. The molecule has 0 spiro atoms. The van der Waals surface area contributed by atoms with Gasteiger partial charge in [0.25, 0.3) is 0 Å². The average molecular weight is 278 g/mol. The topological polar surface area (TPSA) is 38.0 Å². The van der Waals surface area contributed by atoms with Gasteiger partial charge in [-0.15, -0.1) is 0 Å². The number of hydrogen-bond donors (Lipinski definition) is 2. The predicted octanol–water partition coefficient (Wildman–Crippen LogP) is 3.84. The Morgan fingerprint density at radius 3 is 2.56 bits per heavy atom. The van der Waals surface area contributed by atoms with Crippen molar-refractivity contribution in [1.82, 2.24) is 0 Å². The van der Waals surface area contributed by atoms with Gasteiger partial charge >= 0.3 is 6.18 Å². The number of hydrogen-bond acceptors (Lipinski definition) is 3. The lowest BCUT2D eigenvalue weighted by Gasteiger charge is -2.14. The van der Waals surface area contributed by atoms with Gasteiger partial charge in [0.15, 0.2) is 0 Å². The highest BCUT2D eigenvalue weighted by atomic mass is 32.2. The molecular weight excluding hydrogens is 261 g/mol. The fraction of sp³-hybridized carbons (Fsp3) is 0.500. The Balaban J connectivity index is 2.63. The van der Waals surface area contributed by atoms with Crippen LogP contribution in [0.5, 0.6) is 0 Å². The highest BCUT2D eigenvalue weighted by Crippen LogP contribution is 2.32. The Bertz CT molecular complexity index is 393. The molecular formula is C12H17F3N2S. The Morgan fingerprint density at radius 2 is 2.06 bits per heavy atom. The van der Waals surface area contributed by atoms with E-state index in [0.717, 1.165) is 18.6 Å². The Morgan fingerprint density at radius 1 is 1.39 bits per heavy atom. The number of nitrogens with two attached hydrogens (primary N) is 1. The summed E-state index contributed by atoms with van der Waals surface area (Å²) in [5.74, 6) is 0. The molecule has 18 heavy (non-hydrogen) atoms. The molecule has 1 rings (SSSR count). The molecule has 0 amide bonds. The summed E-state index contributed by atoms with van der Waals surface area (Å²) in [4.78, 5) is 0. The summed E-state index contributed by atoms with van der Waals surface area (Å²) in [6.07, 6.45) is -1.39. The van der Waals surface area contributed by atoms with E-state index in [1.165, 1.54) is 6.07 Å². The summed E-state index contributed by atoms with van der Waals surface area (Å²) in [5, 5.41) is 3.56. The molecule has 0 heterocycles. The molecule has 0 aliphatic rings. The molecule has 1 aromatic carbocycles. The van der Waals surface area contributed by atoms with Gasteiger partial charge in [0.05, 0.1) is 16.9 Å². The van der Waals surface area contributed by atoms with Gasteiger partial charge in [-0.05, 0) is 30.9 Å². The van der Waals surface area contributed by atoms with Gasteiger partial charge in [0.2, 0.25) is 0 Å². The zero-order chi connectivity index (χ0) is 13.8. The van der Waals surface area contributed by atoms with Crippen LogP contribution in [0.15, 0.2) is 18.2 Å². The van der Waals surface area contributed by atoms with Crippen molar-refractivity contribution in [3.63, 3.8) is 0 Å². The van der Waals surface area contributed by atoms with Crippen molar-refractivity contribution in [2.45, 2.75) is 24.8 Å². The summed E-state index contributed by atoms with van der Waals surface area (Å²) in [5.41, 5.74) is 5.56. The standard InChI is InChI=1S/C12H17F3N2S/c1-8(18-2)5-6-17-11-4-3-9(7-10(11)16)12(13,14)15/h3-4,7-8,17H,5-6,16H2,1-2H3. The van der Waals surface area contributed by atoms with Crippen LogP contribution in [0.2, 0.25) is 0 Å².